The van der Waals surface area contributed by atoms with Crippen molar-refractivity contribution in [1.29, 1.82) is 0 Å². The number of rotatable bonds is 7. The van der Waals surface area contributed by atoms with Crippen LogP contribution in [0.5, 0.6) is 5.75 Å². The summed E-state index contributed by atoms with van der Waals surface area (Å²) in [5.74, 6) is -2.40. The van der Waals surface area contributed by atoms with Crippen molar-refractivity contribution in [3.05, 3.63) is 121 Å². The van der Waals surface area contributed by atoms with Crippen LogP contribution < -0.4 is 20.3 Å². The van der Waals surface area contributed by atoms with E-state index in [0.717, 1.165) is 11.9 Å². The molecule has 0 bridgehead atoms. The van der Waals surface area contributed by atoms with E-state index < -0.39 is 14.3 Å². The Morgan fingerprint density at radius 2 is 1.00 bits per heavy atom. The molecular formula is C31H36ClOPSi. The topological polar surface area (TPSA) is 9.23 Å². The van der Waals surface area contributed by atoms with Crippen LogP contribution >= 0.6 is 17.2 Å². The maximum atomic E-state index is 8.22. The van der Waals surface area contributed by atoms with Crippen LogP contribution in [0.3, 0.4) is 0 Å². The van der Waals surface area contributed by atoms with E-state index in [0.29, 0.717) is 0 Å². The summed E-state index contributed by atoms with van der Waals surface area (Å²) in [7, 11) is -1.90. The summed E-state index contributed by atoms with van der Waals surface area (Å²) in [6, 6.07) is 40.6. The quantitative estimate of drug-likeness (QED) is 0.177. The van der Waals surface area contributed by atoms with Gasteiger partial charge in [-0.25, -0.2) is 0 Å². The first-order valence-electron chi connectivity index (χ1n) is 12.2. The van der Waals surface area contributed by atoms with Crippen LogP contribution in [0.1, 0.15) is 26.3 Å². The maximum absolute atomic E-state index is 8.22. The molecule has 0 amide bonds. The summed E-state index contributed by atoms with van der Waals surface area (Å²) >= 11 is 8.22. The van der Waals surface area contributed by atoms with Crippen LogP contribution in [-0.4, -0.2) is 8.32 Å². The molecule has 0 aromatic heterocycles. The third-order valence-corrected chi connectivity index (χ3v) is 19.0. The average Bonchev–Trinajstić information content (AvgIpc) is 2.86. The summed E-state index contributed by atoms with van der Waals surface area (Å²) in [5, 5.41) is 3.69. The van der Waals surface area contributed by atoms with Gasteiger partial charge in [0.15, 0.2) is 0 Å². The molecule has 4 aromatic carbocycles. The van der Waals surface area contributed by atoms with Crippen molar-refractivity contribution in [3.63, 3.8) is 0 Å². The van der Waals surface area contributed by atoms with E-state index in [1.807, 2.05) is 0 Å². The summed E-state index contributed by atoms with van der Waals surface area (Å²) in [6.45, 7) is 11.4. The summed E-state index contributed by atoms with van der Waals surface area (Å²) in [6.07, 6.45) is 0.728. The van der Waals surface area contributed by atoms with Crippen LogP contribution in [0, 0.1) is 0 Å². The average molecular weight is 519 g/mol. The Bertz CT molecular complexity index is 1150. The molecule has 0 saturated heterocycles. The molecule has 0 spiro atoms. The Kier molecular flexibility index (Phi) is 7.04. The predicted molar refractivity (Wildman–Crippen MR) is 159 cm³/mol. The fourth-order valence-electron chi connectivity index (χ4n) is 4.39. The number of hydrogen-bond donors (Lipinski definition) is 0. The van der Waals surface area contributed by atoms with Gasteiger partial charge in [0.05, 0.1) is 0 Å². The van der Waals surface area contributed by atoms with Gasteiger partial charge in [0.1, 0.15) is 0 Å². The second-order valence-corrected chi connectivity index (χ2v) is 22.0. The van der Waals surface area contributed by atoms with Crippen LogP contribution in [0.4, 0.5) is 0 Å². The fraction of sp³-hybridized carbons (Fsp3) is 0.226. The molecule has 0 heterocycles. The molecular weight excluding hydrogens is 483 g/mol. The van der Waals surface area contributed by atoms with E-state index in [1.54, 1.807) is 0 Å². The molecule has 182 valence electrons. The molecule has 0 fully saturated rings. The van der Waals surface area contributed by atoms with E-state index in [4.69, 9.17) is 15.7 Å². The van der Waals surface area contributed by atoms with Crippen LogP contribution in [-0.2, 0) is 6.16 Å². The number of benzene rings is 4. The van der Waals surface area contributed by atoms with Crippen LogP contribution in [0.2, 0.25) is 18.1 Å². The summed E-state index contributed by atoms with van der Waals surface area (Å²) < 4.78 is 6.55. The summed E-state index contributed by atoms with van der Waals surface area (Å²) in [4.78, 5) is 0. The Labute approximate surface area is 217 Å². The molecule has 4 heteroatoms. The molecule has 0 unspecified atom stereocenters. The minimum atomic E-state index is -3.34. The molecule has 0 aliphatic rings. The van der Waals surface area contributed by atoms with Crippen molar-refractivity contribution < 1.29 is 4.43 Å². The zero-order valence-electron chi connectivity index (χ0n) is 21.4. The molecule has 0 N–H and O–H groups in total. The van der Waals surface area contributed by atoms with Crippen molar-refractivity contribution in [1.82, 2.24) is 0 Å². The first kappa shape index (κ1) is 25.7. The van der Waals surface area contributed by atoms with E-state index in [9.17, 15) is 0 Å². The standard InChI is InChI=1S/C31H36ClOPSi/c1-31(2,3)35(4,5)33-27-23-21-26(22-24-27)25-34(32,28-15-9-6-10-16-28,29-17-11-7-12-18-29)30-19-13-8-14-20-30/h6-24H,25H2,1-5H3. The van der Waals surface area contributed by atoms with Crippen molar-refractivity contribution in [2.24, 2.45) is 0 Å². The van der Waals surface area contributed by atoms with E-state index in [1.165, 1.54) is 21.5 Å². The molecule has 1 nitrogen and oxygen atoms in total. The Hall–Kier alpha value is -2.38. The number of hydrogen-bond acceptors (Lipinski definition) is 1. The molecule has 4 aromatic rings. The van der Waals surface area contributed by atoms with Gasteiger partial charge in [-0.1, -0.05) is 0 Å². The Morgan fingerprint density at radius 1 is 0.629 bits per heavy atom. The second-order valence-electron chi connectivity index (χ2n) is 10.9. The van der Waals surface area contributed by atoms with E-state index >= 15 is 0 Å². The first-order valence-corrected chi connectivity index (χ1v) is 18.5. The molecule has 0 aliphatic carbocycles. The zero-order valence-corrected chi connectivity index (χ0v) is 24.1. The van der Waals surface area contributed by atoms with Gasteiger partial charge in [-0.05, 0) is 0 Å². The van der Waals surface area contributed by atoms with Crippen molar-refractivity contribution in [2.45, 2.75) is 45.1 Å². The van der Waals surface area contributed by atoms with E-state index in [-0.39, 0.29) is 5.04 Å². The van der Waals surface area contributed by atoms with Gasteiger partial charge < -0.3 is 0 Å². The van der Waals surface area contributed by atoms with Gasteiger partial charge in [0.25, 0.3) is 0 Å². The second kappa shape index (κ2) is 9.58. The normalized spacial score (nSPS) is 13.6. The van der Waals surface area contributed by atoms with Gasteiger partial charge in [0, 0.05) is 0 Å². The van der Waals surface area contributed by atoms with Gasteiger partial charge in [-0.3, -0.25) is 0 Å². The van der Waals surface area contributed by atoms with Crippen molar-refractivity contribution in [2.75, 3.05) is 0 Å². The van der Waals surface area contributed by atoms with Gasteiger partial charge in [0.2, 0.25) is 0 Å². The van der Waals surface area contributed by atoms with Gasteiger partial charge in [-0.15, -0.1) is 0 Å². The monoisotopic (exact) mass is 518 g/mol. The molecule has 4 rings (SSSR count). The third-order valence-electron chi connectivity index (χ3n) is 7.47. The fourth-order valence-corrected chi connectivity index (χ4v) is 11.6. The molecule has 0 saturated carbocycles. The Balaban J connectivity index is 1.85. The molecule has 0 atom stereocenters. The number of halogens is 1. The minimum absolute atomic E-state index is 0.154. The zero-order chi connectivity index (χ0) is 25.2. The molecule has 35 heavy (non-hydrogen) atoms. The first-order chi connectivity index (χ1) is 16.5. The van der Waals surface area contributed by atoms with Gasteiger partial charge in [-0.2, -0.15) is 0 Å². The molecule has 0 radical (unpaired) electrons. The van der Waals surface area contributed by atoms with Crippen molar-refractivity contribution in [3.8, 4) is 5.75 Å². The van der Waals surface area contributed by atoms with Gasteiger partial charge >= 0.3 is 217 Å². The van der Waals surface area contributed by atoms with Crippen LogP contribution in [0.15, 0.2) is 115 Å². The SMILES string of the molecule is CC(C)(C)[Si](C)(C)Oc1ccc(CP(Cl)(c2ccccc2)(c2ccccc2)c2ccccc2)cc1. The third kappa shape index (κ3) is 4.85. The summed E-state index contributed by atoms with van der Waals surface area (Å²) in [5.41, 5.74) is 1.21. The van der Waals surface area contributed by atoms with E-state index in [2.05, 4.69) is 149 Å². The Morgan fingerprint density at radius 3 is 1.34 bits per heavy atom. The van der Waals surface area contributed by atoms with Crippen LogP contribution in [0.25, 0.3) is 0 Å². The van der Waals surface area contributed by atoms with Crippen molar-refractivity contribution >= 4 is 41.4 Å². The molecule has 0 aliphatic heterocycles. The predicted octanol–water partition coefficient (Wildman–Crippen LogP) is 8.25.